The first-order valence-electron chi connectivity index (χ1n) is 7.53. The Morgan fingerprint density at radius 1 is 1.32 bits per heavy atom. The number of rotatable bonds is 5. The maximum atomic E-state index is 12.5. The first-order valence-corrected chi connectivity index (χ1v) is 7.53. The molecule has 1 amide bonds. The molecule has 1 aromatic carbocycles. The van der Waals surface area contributed by atoms with Crippen molar-refractivity contribution in [2.45, 2.75) is 39.2 Å². The number of carbonyl (C=O) groups excluding carboxylic acids is 3. The molecule has 1 aliphatic rings. The van der Waals surface area contributed by atoms with Crippen molar-refractivity contribution in [2.75, 3.05) is 7.11 Å². The highest BCUT2D eigenvalue weighted by Gasteiger charge is 2.29. The van der Waals surface area contributed by atoms with Gasteiger partial charge in [-0.3, -0.25) is 9.59 Å². The van der Waals surface area contributed by atoms with E-state index in [1.807, 2.05) is 13.8 Å². The number of fused-ring (bicyclic) bond motifs is 1. The SMILES string of the molecule is CC[C@@H](C)[C@H](NC(=O)c1cccc2c1CCC2=O)C(=O)OC. The molecule has 0 spiro atoms. The second-order valence-electron chi connectivity index (χ2n) is 5.61. The highest BCUT2D eigenvalue weighted by atomic mass is 16.5. The van der Waals surface area contributed by atoms with Crippen LogP contribution < -0.4 is 5.32 Å². The van der Waals surface area contributed by atoms with Crippen LogP contribution >= 0.6 is 0 Å². The van der Waals surface area contributed by atoms with Gasteiger partial charge in [0.05, 0.1) is 7.11 Å². The minimum atomic E-state index is -0.685. The highest BCUT2D eigenvalue weighted by molar-refractivity contribution is 6.06. The minimum Gasteiger partial charge on any atom is -0.467 e. The number of ketones is 1. The summed E-state index contributed by atoms with van der Waals surface area (Å²) < 4.78 is 4.77. The van der Waals surface area contributed by atoms with Crippen molar-refractivity contribution in [1.82, 2.24) is 5.32 Å². The van der Waals surface area contributed by atoms with Gasteiger partial charge in [0.2, 0.25) is 0 Å². The number of nitrogens with one attached hydrogen (secondary N) is 1. The predicted molar refractivity (Wildman–Crippen MR) is 81.8 cm³/mol. The zero-order valence-electron chi connectivity index (χ0n) is 13.1. The average molecular weight is 303 g/mol. The van der Waals surface area contributed by atoms with Gasteiger partial charge >= 0.3 is 5.97 Å². The molecule has 0 fully saturated rings. The van der Waals surface area contributed by atoms with E-state index in [2.05, 4.69) is 5.32 Å². The number of amides is 1. The van der Waals surface area contributed by atoms with E-state index in [0.717, 1.165) is 12.0 Å². The van der Waals surface area contributed by atoms with Gasteiger partial charge in [0.25, 0.3) is 5.91 Å². The number of methoxy groups -OCH3 is 1. The summed E-state index contributed by atoms with van der Waals surface area (Å²) in [7, 11) is 1.31. The van der Waals surface area contributed by atoms with Crippen molar-refractivity contribution >= 4 is 17.7 Å². The van der Waals surface area contributed by atoms with Gasteiger partial charge in [-0.05, 0) is 24.0 Å². The van der Waals surface area contributed by atoms with Crippen LogP contribution in [0.25, 0.3) is 0 Å². The highest BCUT2D eigenvalue weighted by Crippen LogP contribution is 2.25. The first kappa shape index (κ1) is 16.2. The van der Waals surface area contributed by atoms with E-state index in [-0.39, 0.29) is 17.6 Å². The van der Waals surface area contributed by atoms with Gasteiger partial charge in [0.1, 0.15) is 6.04 Å². The molecule has 1 N–H and O–H groups in total. The molecule has 0 bridgehead atoms. The molecule has 0 aromatic heterocycles. The third kappa shape index (κ3) is 3.03. The standard InChI is InChI=1S/C17H21NO4/c1-4-10(2)15(17(21)22-3)18-16(20)13-7-5-6-12-11(13)8-9-14(12)19/h5-7,10,15H,4,8-9H2,1-3H3,(H,18,20)/t10-,15+/m1/s1. The number of benzene rings is 1. The number of ether oxygens (including phenoxy) is 1. The summed E-state index contributed by atoms with van der Waals surface area (Å²) in [5.41, 5.74) is 1.86. The Kier molecular flexibility index (Phi) is 4.96. The van der Waals surface area contributed by atoms with Gasteiger partial charge < -0.3 is 10.1 Å². The molecule has 5 nitrogen and oxygen atoms in total. The van der Waals surface area contributed by atoms with Crippen LogP contribution in [0.4, 0.5) is 0 Å². The monoisotopic (exact) mass is 303 g/mol. The second-order valence-corrected chi connectivity index (χ2v) is 5.61. The summed E-state index contributed by atoms with van der Waals surface area (Å²) in [6.45, 7) is 3.84. The Hall–Kier alpha value is -2.17. The van der Waals surface area contributed by atoms with E-state index in [0.29, 0.717) is 24.0 Å². The molecule has 1 aromatic rings. The lowest BCUT2D eigenvalue weighted by atomic mass is 9.97. The first-order chi connectivity index (χ1) is 10.5. The molecular weight excluding hydrogens is 282 g/mol. The van der Waals surface area contributed by atoms with Gasteiger partial charge in [0, 0.05) is 17.5 Å². The summed E-state index contributed by atoms with van der Waals surface area (Å²) in [6, 6.07) is 4.45. The second kappa shape index (κ2) is 6.73. The number of esters is 1. The van der Waals surface area contributed by atoms with E-state index in [1.165, 1.54) is 7.11 Å². The van der Waals surface area contributed by atoms with Crippen LogP contribution in [0.2, 0.25) is 0 Å². The summed E-state index contributed by atoms with van der Waals surface area (Å²) in [5, 5.41) is 2.75. The number of Topliss-reactive ketones (excluding diaryl/α,β-unsaturated/α-hetero) is 1. The van der Waals surface area contributed by atoms with Crippen LogP contribution in [0.1, 0.15) is 53.0 Å². The smallest absolute Gasteiger partial charge is 0.328 e. The Labute approximate surface area is 130 Å². The molecule has 2 atom stereocenters. The quantitative estimate of drug-likeness (QED) is 0.846. The van der Waals surface area contributed by atoms with Crippen LogP contribution in [0.3, 0.4) is 0 Å². The van der Waals surface area contributed by atoms with Crippen LogP contribution in [0.15, 0.2) is 18.2 Å². The normalized spacial score (nSPS) is 15.9. The lowest BCUT2D eigenvalue weighted by Crippen LogP contribution is -2.45. The van der Waals surface area contributed by atoms with Crippen molar-refractivity contribution < 1.29 is 19.1 Å². The third-order valence-corrected chi connectivity index (χ3v) is 4.28. The van der Waals surface area contributed by atoms with Crippen LogP contribution in [0, 0.1) is 5.92 Å². The van der Waals surface area contributed by atoms with Gasteiger partial charge in [-0.25, -0.2) is 4.79 Å². The molecule has 0 saturated carbocycles. The lowest BCUT2D eigenvalue weighted by molar-refractivity contribution is -0.144. The van der Waals surface area contributed by atoms with E-state index in [4.69, 9.17) is 4.74 Å². The molecule has 0 saturated heterocycles. The molecule has 5 heteroatoms. The van der Waals surface area contributed by atoms with Crippen LogP contribution in [-0.2, 0) is 16.0 Å². The maximum Gasteiger partial charge on any atom is 0.328 e. The topological polar surface area (TPSA) is 72.5 Å². The minimum absolute atomic E-state index is 0.0326. The Balaban J connectivity index is 2.25. The van der Waals surface area contributed by atoms with E-state index in [1.54, 1.807) is 18.2 Å². The molecule has 2 rings (SSSR count). The Morgan fingerprint density at radius 3 is 2.68 bits per heavy atom. The van der Waals surface area contributed by atoms with E-state index >= 15 is 0 Å². The average Bonchev–Trinajstić information content (AvgIpc) is 2.92. The van der Waals surface area contributed by atoms with Crippen LogP contribution in [-0.4, -0.2) is 30.8 Å². The van der Waals surface area contributed by atoms with Crippen molar-refractivity contribution in [3.8, 4) is 0 Å². The van der Waals surface area contributed by atoms with Crippen molar-refractivity contribution in [2.24, 2.45) is 5.92 Å². The molecule has 1 aliphatic carbocycles. The molecule has 0 radical (unpaired) electrons. The fourth-order valence-electron chi connectivity index (χ4n) is 2.72. The van der Waals surface area contributed by atoms with Crippen molar-refractivity contribution in [3.63, 3.8) is 0 Å². The molecule has 0 heterocycles. The Bertz CT molecular complexity index is 609. The molecule has 118 valence electrons. The third-order valence-electron chi connectivity index (χ3n) is 4.28. The van der Waals surface area contributed by atoms with E-state index < -0.39 is 12.0 Å². The fraction of sp³-hybridized carbons (Fsp3) is 0.471. The van der Waals surface area contributed by atoms with Gasteiger partial charge in [-0.1, -0.05) is 32.4 Å². The Morgan fingerprint density at radius 2 is 2.05 bits per heavy atom. The van der Waals surface area contributed by atoms with Crippen molar-refractivity contribution in [3.05, 3.63) is 34.9 Å². The molecule has 0 aliphatic heterocycles. The fourth-order valence-corrected chi connectivity index (χ4v) is 2.72. The summed E-state index contributed by atoms with van der Waals surface area (Å²) in [4.78, 5) is 36.2. The maximum absolute atomic E-state index is 12.5. The zero-order chi connectivity index (χ0) is 16.3. The summed E-state index contributed by atoms with van der Waals surface area (Å²) in [5.74, 6) is -0.750. The molecule has 0 unspecified atom stereocenters. The largest absolute Gasteiger partial charge is 0.467 e. The lowest BCUT2D eigenvalue weighted by Gasteiger charge is -2.22. The summed E-state index contributed by atoms with van der Waals surface area (Å²) in [6.07, 6.45) is 1.75. The zero-order valence-corrected chi connectivity index (χ0v) is 13.1. The number of hydrogen-bond acceptors (Lipinski definition) is 4. The van der Waals surface area contributed by atoms with Crippen LogP contribution in [0.5, 0.6) is 0 Å². The summed E-state index contributed by atoms with van der Waals surface area (Å²) >= 11 is 0. The number of carbonyl (C=O) groups is 3. The van der Waals surface area contributed by atoms with Crippen molar-refractivity contribution in [1.29, 1.82) is 0 Å². The van der Waals surface area contributed by atoms with Gasteiger partial charge in [-0.2, -0.15) is 0 Å². The predicted octanol–water partition coefficient (Wildman–Crippen LogP) is 2.13. The molecule has 22 heavy (non-hydrogen) atoms. The van der Waals surface area contributed by atoms with Gasteiger partial charge in [-0.15, -0.1) is 0 Å². The molecular formula is C17H21NO4. The van der Waals surface area contributed by atoms with E-state index in [9.17, 15) is 14.4 Å². The number of hydrogen-bond donors (Lipinski definition) is 1. The van der Waals surface area contributed by atoms with Gasteiger partial charge in [0.15, 0.2) is 5.78 Å².